The molecule has 2 atom stereocenters. The predicted octanol–water partition coefficient (Wildman–Crippen LogP) is 0.840. The van der Waals surface area contributed by atoms with E-state index in [1.54, 1.807) is 36.4 Å². The Kier molecular flexibility index (Phi) is 4.46. The summed E-state index contributed by atoms with van der Waals surface area (Å²) < 4.78 is 4.45. The van der Waals surface area contributed by atoms with Crippen molar-refractivity contribution in [3.05, 3.63) is 60.7 Å². The molecule has 2 N–H and O–H groups in total. The van der Waals surface area contributed by atoms with Gasteiger partial charge in [0.25, 0.3) is 0 Å². The second kappa shape index (κ2) is 6.71. The van der Waals surface area contributed by atoms with Crippen LogP contribution >= 0.6 is 0 Å². The second-order valence-electron chi connectivity index (χ2n) is 5.18. The summed E-state index contributed by atoms with van der Waals surface area (Å²) in [7, 11) is 0. The van der Waals surface area contributed by atoms with Gasteiger partial charge in [-0.25, -0.2) is 14.4 Å². The summed E-state index contributed by atoms with van der Waals surface area (Å²) in [6.07, 6.45) is -4.09. The third-order valence-corrected chi connectivity index (χ3v) is 3.59. The van der Waals surface area contributed by atoms with Gasteiger partial charge in [0.1, 0.15) is 0 Å². The number of carbonyl (C=O) groups is 3. The van der Waals surface area contributed by atoms with Crippen molar-refractivity contribution in [2.24, 2.45) is 0 Å². The summed E-state index contributed by atoms with van der Waals surface area (Å²) >= 11 is 0. The van der Waals surface area contributed by atoms with Crippen molar-refractivity contribution in [1.82, 2.24) is 0 Å². The molecule has 1 saturated heterocycles. The third-order valence-electron chi connectivity index (χ3n) is 3.59. The van der Waals surface area contributed by atoms with Gasteiger partial charge in [0.15, 0.2) is 0 Å². The molecule has 0 radical (unpaired) electrons. The molecule has 25 heavy (non-hydrogen) atoms. The van der Waals surface area contributed by atoms with E-state index in [1.165, 1.54) is 24.3 Å². The first-order chi connectivity index (χ1) is 12.0. The largest absolute Gasteiger partial charge is 0.386 e. The fourth-order valence-corrected chi connectivity index (χ4v) is 2.42. The Hall–Kier alpha value is -3.23. The third kappa shape index (κ3) is 3.08. The van der Waals surface area contributed by atoms with Crippen LogP contribution in [0.2, 0.25) is 0 Å². The highest BCUT2D eigenvalue weighted by Gasteiger charge is 2.43. The second-order valence-corrected chi connectivity index (χ2v) is 5.18. The van der Waals surface area contributed by atoms with Crippen molar-refractivity contribution in [2.45, 2.75) is 12.5 Å². The van der Waals surface area contributed by atoms with Crippen LogP contribution in [0, 0.1) is 0 Å². The van der Waals surface area contributed by atoms with Crippen LogP contribution < -0.4 is 9.80 Å². The number of anilines is 2. The molecule has 8 nitrogen and oxygen atoms in total. The van der Waals surface area contributed by atoms with Crippen LogP contribution in [0.1, 0.15) is 0 Å². The number of ether oxygens (including phenoxy) is 1. The number of hydrogen-bond acceptors (Lipinski definition) is 6. The molecular formula is C17H14N2O6. The molecular weight excluding hydrogens is 328 g/mol. The van der Waals surface area contributed by atoms with Gasteiger partial charge in [-0.1, -0.05) is 36.4 Å². The lowest BCUT2D eigenvalue weighted by atomic mass is 10.2. The maximum Gasteiger partial charge on any atom is 0.364 e. The van der Waals surface area contributed by atoms with Crippen LogP contribution in [0.4, 0.5) is 16.2 Å². The number of urea groups is 1. The smallest absolute Gasteiger partial charge is 0.364 e. The zero-order chi connectivity index (χ0) is 18.0. The van der Waals surface area contributed by atoms with E-state index in [0.29, 0.717) is 0 Å². The minimum absolute atomic E-state index is 0.194. The van der Waals surface area contributed by atoms with Gasteiger partial charge in [0, 0.05) is 11.4 Å². The Balaban J connectivity index is 2.12. The average molecular weight is 342 g/mol. The van der Waals surface area contributed by atoms with E-state index in [9.17, 15) is 24.6 Å². The minimum Gasteiger partial charge on any atom is -0.386 e. The molecule has 0 spiro atoms. The monoisotopic (exact) mass is 342 g/mol. The van der Waals surface area contributed by atoms with E-state index in [0.717, 1.165) is 9.80 Å². The fraction of sp³-hybridized carbons (Fsp3) is 0.118. The van der Waals surface area contributed by atoms with Crippen molar-refractivity contribution in [1.29, 1.82) is 0 Å². The normalized spacial score (nSPS) is 21.6. The highest BCUT2D eigenvalue weighted by molar-refractivity contribution is 6.11. The maximum atomic E-state index is 13.0. The van der Waals surface area contributed by atoms with E-state index < -0.39 is 30.4 Å². The van der Waals surface area contributed by atoms with Crippen molar-refractivity contribution < 1.29 is 29.3 Å². The maximum absolute atomic E-state index is 13.0. The van der Waals surface area contributed by atoms with Crippen LogP contribution in [0.25, 0.3) is 0 Å². The van der Waals surface area contributed by atoms with Gasteiger partial charge in [0.2, 0.25) is 12.5 Å². The Bertz CT molecular complexity index is 730. The molecule has 128 valence electrons. The predicted molar refractivity (Wildman–Crippen MR) is 86.4 cm³/mol. The zero-order valence-corrected chi connectivity index (χ0v) is 12.9. The molecule has 8 heteroatoms. The van der Waals surface area contributed by atoms with Crippen LogP contribution in [-0.4, -0.2) is 40.6 Å². The van der Waals surface area contributed by atoms with Crippen LogP contribution in [0.5, 0.6) is 0 Å². The number of para-hydroxylation sites is 2. The van der Waals surface area contributed by atoms with Crippen molar-refractivity contribution in [2.75, 3.05) is 9.80 Å². The zero-order valence-electron chi connectivity index (χ0n) is 12.9. The van der Waals surface area contributed by atoms with Crippen LogP contribution in [-0.2, 0) is 14.3 Å². The highest BCUT2D eigenvalue weighted by atomic mass is 16.6. The lowest BCUT2D eigenvalue weighted by Crippen LogP contribution is -2.60. The molecule has 0 aromatic heterocycles. The summed E-state index contributed by atoms with van der Waals surface area (Å²) in [5.74, 6) is -2.71. The Morgan fingerprint density at radius 1 is 0.680 bits per heavy atom. The molecule has 2 amide bonds. The summed E-state index contributed by atoms with van der Waals surface area (Å²) in [5.41, 5.74) is 0.388. The first-order valence-corrected chi connectivity index (χ1v) is 7.35. The van der Waals surface area contributed by atoms with Gasteiger partial charge in [-0.05, 0) is 24.3 Å². The molecule has 2 unspecified atom stereocenters. The van der Waals surface area contributed by atoms with Crippen molar-refractivity contribution in [3.8, 4) is 0 Å². The van der Waals surface area contributed by atoms with Crippen molar-refractivity contribution >= 4 is 29.3 Å². The Morgan fingerprint density at radius 3 is 1.40 bits per heavy atom. The van der Waals surface area contributed by atoms with Crippen LogP contribution in [0.3, 0.4) is 0 Å². The number of benzene rings is 2. The summed E-state index contributed by atoms with van der Waals surface area (Å²) in [5, 5.41) is 20.4. The lowest BCUT2D eigenvalue weighted by molar-refractivity contribution is -0.171. The average Bonchev–Trinajstić information content (AvgIpc) is 2.63. The molecule has 0 saturated carbocycles. The van der Waals surface area contributed by atoms with Gasteiger partial charge in [-0.2, -0.15) is 0 Å². The van der Waals surface area contributed by atoms with E-state index in [-0.39, 0.29) is 11.4 Å². The lowest BCUT2D eigenvalue weighted by Gasteiger charge is -2.36. The summed E-state index contributed by atoms with van der Waals surface area (Å²) in [6, 6.07) is 14.8. The number of rotatable bonds is 2. The number of aliphatic hydroxyl groups excluding tert-OH is 2. The SMILES string of the molecule is O=C1OC(=O)C(O)N(c2ccccc2)C(=O)N(c2ccccc2)C1O. The number of amides is 2. The minimum atomic E-state index is -2.04. The quantitative estimate of drug-likeness (QED) is 0.619. The molecule has 1 fully saturated rings. The van der Waals surface area contributed by atoms with Gasteiger partial charge < -0.3 is 14.9 Å². The Morgan fingerprint density at radius 2 is 1.04 bits per heavy atom. The molecule has 2 aromatic rings. The number of hydrogen-bond donors (Lipinski definition) is 2. The number of aliphatic hydroxyl groups is 2. The molecule has 0 aliphatic carbocycles. The fourth-order valence-electron chi connectivity index (χ4n) is 2.42. The molecule has 0 bridgehead atoms. The van der Waals surface area contributed by atoms with E-state index >= 15 is 0 Å². The molecule has 1 aliphatic heterocycles. The topological polar surface area (TPSA) is 107 Å². The van der Waals surface area contributed by atoms with Crippen LogP contribution in [0.15, 0.2) is 60.7 Å². The van der Waals surface area contributed by atoms with E-state index in [2.05, 4.69) is 4.74 Å². The Labute approximate surface area is 142 Å². The van der Waals surface area contributed by atoms with Gasteiger partial charge >= 0.3 is 18.0 Å². The molecule has 1 heterocycles. The van der Waals surface area contributed by atoms with Gasteiger partial charge in [-0.15, -0.1) is 0 Å². The number of carbonyl (C=O) groups excluding carboxylic acids is 3. The summed E-state index contributed by atoms with van der Waals surface area (Å²) in [6.45, 7) is 0. The molecule has 3 rings (SSSR count). The van der Waals surface area contributed by atoms with E-state index in [1.807, 2.05) is 0 Å². The highest BCUT2D eigenvalue weighted by Crippen LogP contribution is 2.25. The number of cyclic esters (lactones) is 2. The van der Waals surface area contributed by atoms with Gasteiger partial charge in [0.05, 0.1) is 0 Å². The van der Waals surface area contributed by atoms with Gasteiger partial charge in [-0.3, -0.25) is 9.80 Å². The van der Waals surface area contributed by atoms with Crippen molar-refractivity contribution in [3.63, 3.8) is 0 Å². The standard InChI is InChI=1S/C17H14N2O6/c20-13-15(22)25-16(23)14(21)19(12-9-5-2-6-10-12)17(24)18(13)11-7-3-1-4-8-11/h1-10,13-14,20-21H. The molecule has 2 aromatic carbocycles. The first kappa shape index (κ1) is 16.6. The molecule has 1 aliphatic rings. The first-order valence-electron chi connectivity index (χ1n) is 7.35. The number of nitrogens with zero attached hydrogens (tertiary/aromatic N) is 2. The summed E-state index contributed by atoms with van der Waals surface area (Å²) in [4.78, 5) is 38.2. The van der Waals surface area contributed by atoms with E-state index in [4.69, 9.17) is 0 Å². The number of esters is 2.